The van der Waals surface area contributed by atoms with Crippen LogP contribution in [0.5, 0.6) is 0 Å². The standard InChI is InChI=1S/C9H20NOS.H2I/c1-5-6-9(11)12-8-7-10(2,3)4;/h5-8H2,1-4H3;1H2/q2*+1. The maximum Gasteiger partial charge on any atom is 0.235 e. The van der Waals surface area contributed by atoms with Crippen molar-refractivity contribution < 1.29 is 33.3 Å². The molecule has 0 aromatic rings. The number of nitrogens with zero attached hydrogens (tertiary/aromatic N) is 1. The van der Waals surface area contributed by atoms with E-state index in [4.69, 9.17) is 0 Å². The van der Waals surface area contributed by atoms with Crippen molar-refractivity contribution in [2.75, 3.05) is 33.4 Å². The van der Waals surface area contributed by atoms with Crippen LogP contribution in [0, 0.1) is 0 Å². The molecule has 0 aromatic carbocycles. The normalized spacial score (nSPS) is 10.8. The molecule has 4 heteroatoms. The highest BCUT2D eigenvalue weighted by molar-refractivity contribution is 8.13. The van der Waals surface area contributed by atoms with E-state index in [2.05, 4.69) is 21.1 Å². The summed E-state index contributed by atoms with van der Waals surface area (Å²) in [5, 5.41) is 0.339. The molecule has 0 N–H and O–H groups in total. The first-order valence-electron chi connectivity index (χ1n) is 4.42. The van der Waals surface area contributed by atoms with E-state index in [1.807, 2.05) is 6.92 Å². The Balaban J connectivity index is 0. The molecular formula is C9H22INOS+2. The van der Waals surface area contributed by atoms with Gasteiger partial charge in [-0.2, -0.15) is 0 Å². The predicted octanol–water partition coefficient (Wildman–Crippen LogP) is -1.78. The second-order valence-electron chi connectivity index (χ2n) is 3.98. The van der Waals surface area contributed by atoms with Crippen LogP contribution < -0.4 is 24.0 Å². The quantitative estimate of drug-likeness (QED) is 0.440. The number of carbonyl (C=O) groups excluding carboxylic acids is 1. The van der Waals surface area contributed by atoms with Crippen LogP contribution in [-0.4, -0.2) is 43.0 Å². The van der Waals surface area contributed by atoms with E-state index < -0.39 is 0 Å². The van der Waals surface area contributed by atoms with Crippen molar-refractivity contribution in [2.45, 2.75) is 19.8 Å². The molecule has 80 valence electrons. The molecule has 0 bridgehead atoms. The topological polar surface area (TPSA) is 17.1 Å². The van der Waals surface area contributed by atoms with Crippen LogP contribution in [0.2, 0.25) is 0 Å². The smallest absolute Gasteiger partial charge is 0.235 e. The zero-order chi connectivity index (χ0) is 9.61. The molecule has 0 rings (SSSR count). The number of hydrogen-bond donors (Lipinski definition) is 0. The zero-order valence-electron chi connectivity index (χ0n) is 9.04. The second kappa shape index (κ2) is 8.05. The van der Waals surface area contributed by atoms with E-state index in [1.165, 1.54) is 11.8 Å². The number of hydrogen-bond acceptors (Lipinski definition) is 2. The van der Waals surface area contributed by atoms with Gasteiger partial charge in [0, 0.05) is 6.42 Å². The molecule has 0 aliphatic carbocycles. The summed E-state index contributed by atoms with van der Waals surface area (Å²) < 4.78 is 0.937. The summed E-state index contributed by atoms with van der Waals surface area (Å²) in [6.45, 7) is 3.10. The van der Waals surface area contributed by atoms with Gasteiger partial charge in [-0.1, -0.05) is 18.7 Å². The lowest BCUT2D eigenvalue weighted by Crippen LogP contribution is -3.00. The lowest BCUT2D eigenvalue weighted by molar-refractivity contribution is -0.867. The molecule has 0 saturated carbocycles. The molecule has 0 heterocycles. The third-order valence-corrected chi connectivity index (χ3v) is 2.39. The van der Waals surface area contributed by atoms with Gasteiger partial charge in [-0.15, -0.1) is 0 Å². The van der Waals surface area contributed by atoms with E-state index in [0.29, 0.717) is 5.12 Å². The Morgan fingerprint density at radius 2 is 1.85 bits per heavy atom. The van der Waals surface area contributed by atoms with E-state index >= 15 is 0 Å². The fraction of sp³-hybridized carbons (Fsp3) is 0.889. The highest BCUT2D eigenvalue weighted by Gasteiger charge is 2.08. The minimum atomic E-state index is 0. The summed E-state index contributed by atoms with van der Waals surface area (Å²) in [5.74, 6) is 0.947. The van der Waals surface area contributed by atoms with E-state index in [1.54, 1.807) is 0 Å². The minimum absolute atomic E-state index is 0. The molecule has 0 aliphatic heterocycles. The second-order valence-corrected chi connectivity index (χ2v) is 5.14. The number of thioether (sulfide) groups is 1. The van der Waals surface area contributed by atoms with Gasteiger partial charge in [0.05, 0.1) is 33.4 Å². The van der Waals surface area contributed by atoms with Crippen molar-refractivity contribution in [2.24, 2.45) is 0 Å². The lowest BCUT2D eigenvalue weighted by Gasteiger charge is -2.23. The third kappa shape index (κ3) is 12.7. The van der Waals surface area contributed by atoms with Gasteiger partial charge < -0.3 is 4.48 Å². The molecule has 2 nitrogen and oxygen atoms in total. The Hall–Kier alpha value is 0.710. The number of rotatable bonds is 5. The summed E-state index contributed by atoms with van der Waals surface area (Å²) in [6.07, 6.45) is 1.69. The van der Waals surface area contributed by atoms with Gasteiger partial charge in [0.15, 0.2) is 5.12 Å². The molecule has 0 unspecified atom stereocenters. The molecule has 0 aliphatic rings. The van der Waals surface area contributed by atoms with E-state index in [0.717, 1.165) is 29.6 Å². The van der Waals surface area contributed by atoms with Gasteiger partial charge >= 0.3 is 0 Å². The van der Waals surface area contributed by atoms with Gasteiger partial charge in [-0.05, 0) is 6.42 Å². The maximum absolute atomic E-state index is 11.1. The summed E-state index contributed by atoms with van der Waals surface area (Å²) in [6, 6.07) is 0. The Kier molecular flexibility index (Phi) is 10.0. The average molecular weight is 319 g/mol. The molecule has 13 heavy (non-hydrogen) atoms. The predicted molar refractivity (Wildman–Crippen MR) is 58.1 cm³/mol. The molecule has 0 aromatic heterocycles. The third-order valence-electron chi connectivity index (χ3n) is 1.48. The highest BCUT2D eigenvalue weighted by atomic mass is 127. The van der Waals surface area contributed by atoms with Crippen LogP contribution in [0.15, 0.2) is 0 Å². The van der Waals surface area contributed by atoms with Crippen LogP contribution in [-0.2, 0) is 4.79 Å². The van der Waals surface area contributed by atoms with Gasteiger partial charge in [0.2, 0.25) is 24.0 Å². The fourth-order valence-electron chi connectivity index (χ4n) is 0.710. The largest absolute Gasteiger partial charge is 0.330 e. The SMILES string of the molecule is CCCC(=O)SCC[N+](C)(C)C.[IH2+]. The van der Waals surface area contributed by atoms with Crippen molar-refractivity contribution in [1.82, 2.24) is 0 Å². The molecule has 0 spiro atoms. The number of carbonyl (C=O) groups is 1. The van der Waals surface area contributed by atoms with Crippen LogP contribution >= 0.6 is 11.8 Å². The molecule has 0 fully saturated rings. The molecule has 0 amide bonds. The van der Waals surface area contributed by atoms with Gasteiger partial charge in [0.1, 0.15) is 0 Å². The van der Waals surface area contributed by atoms with Crippen LogP contribution in [0.1, 0.15) is 19.8 Å². The monoisotopic (exact) mass is 319 g/mol. The zero-order valence-corrected chi connectivity index (χ0v) is 12.4. The van der Waals surface area contributed by atoms with Crippen molar-refractivity contribution in [3.05, 3.63) is 0 Å². The minimum Gasteiger partial charge on any atom is -0.330 e. The number of halogens is 1. The van der Waals surface area contributed by atoms with Gasteiger partial charge in [-0.25, -0.2) is 0 Å². The van der Waals surface area contributed by atoms with E-state index in [9.17, 15) is 4.79 Å². The first-order valence-corrected chi connectivity index (χ1v) is 5.40. The Labute approximate surface area is 103 Å². The van der Waals surface area contributed by atoms with Crippen LogP contribution in [0.3, 0.4) is 0 Å². The Morgan fingerprint density at radius 3 is 2.23 bits per heavy atom. The fourth-order valence-corrected chi connectivity index (χ4v) is 1.92. The Morgan fingerprint density at radius 1 is 1.31 bits per heavy atom. The van der Waals surface area contributed by atoms with Gasteiger partial charge in [-0.3, -0.25) is 4.79 Å². The molecule has 0 radical (unpaired) electrons. The maximum atomic E-state index is 11.1. The van der Waals surface area contributed by atoms with Crippen LogP contribution in [0.25, 0.3) is 0 Å². The van der Waals surface area contributed by atoms with Crippen molar-refractivity contribution in [3.63, 3.8) is 0 Å². The van der Waals surface area contributed by atoms with Crippen molar-refractivity contribution >= 4 is 16.9 Å². The lowest BCUT2D eigenvalue weighted by atomic mass is 10.4. The van der Waals surface area contributed by atoms with E-state index in [-0.39, 0.29) is 24.0 Å². The van der Waals surface area contributed by atoms with Crippen molar-refractivity contribution in [3.8, 4) is 0 Å². The average Bonchev–Trinajstić information content (AvgIpc) is 1.84. The van der Waals surface area contributed by atoms with Gasteiger partial charge in [0.25, 0.3) is 0 Å². The molecule has 0 atom stereocenters. The highest BCUT2D eigenvalue weighted by Crippen LogP contribution is 2.08. The summed E-state index contributed by atoms with van der Waals surface area (Å²) in [5.41, 5.74) is 0. The summed E-state index contributed by atoms with van der Waals surface area (Å²) in [4.78, 5) is 11.1. The molecular weight excluding hydrogens is 297 g/mol. The summed E-state index contributed by atoms with van der Waals surface area (Å²) in [7, 11) is 6.43. The first kappa shape index (κ1) is 16.2. The summed E-state index contributed by atoms with van der Waals surface area (Å²) >= 11 is 1.47. The Bertz CT molecular complexity index is 145. The number of quaternary nitrogens is 1. The van der Waals surface area contributed by atoms with Crippen LogP contribution in [0.4, 0.5) is 0 Å². The molecule has 0 saturated heterocycles. The van der Waals surface area contributed by atoms with Crippen molar-refractivity contribution in [1.29, 1.82) is 0 Å². The first-order chi connectivity index (χ1) is 5.45.